The molecule has 0 spiro atoms. The summed E-state index contributed by atoms with van der Waals surface area (Å²) in [5, 5.41) is 2.80. The van der Waals surface area contributed by atoms with Crippen molar-refractivity contribution < 1.29 is 41.0 Å². The number of nitrogens with zero attached hydrogens (tertiary/aromatic N) is 3. The van der Waals surface area contributed by atoms with E-state index in [0.29, 0.717) is 38.7 Å². The van der Waals surface area contributed by atoms with Crippen LogP contribution in [0.2, 0.25) is 0 Å². The normalized spacial score (nSPS) is 15.8. The minimum absolute atomic E-state index is 0. The molecule has 8 rings (SSSR count). The van der Waals surface area contributed by atoms with Crippen molar-refractivity contribution in [2.75, 3.05) is 0 Å². The molecule has 0 saturated carbocycles. The van der Waals surface area contributed by atoms with Crippen molar-refractivity contribution in [2.45, 2.75) is 27.4 Å². The molecule has 4 nitrogen and oxygen atoms in total. The van der Waals surface area contributed by atoms with Crippen LogP contribution >= 0.6 is 0 Å². The number of furan rings is 1. The summed E-state index contributed by atoms with van der Waals surface area (Å²) in [6.45, 7) is -9.17. The Labute approximate surface area is 299 Å². The van der Waals surface area contributed by atoms with Crippen LogP contribution in [0.5, 0.6) is 0 Å². The van der Waals surface area contributed by atoms with E-state index in [-0.39, 0.29) is 48.2 Å². The van der Waals surface area contributed by atoms with Gasteiger partial charge in [0.2, 0.25) is 5.71 Å². The van der Waals surface area contributed by atoms with E-state index in [9.17, 15) is 0 Å². The Hall–Kier alpha value is -4.96. The van der Waals surface area contributed by atoms with E-state index in [4.69, 9.17) is 20.9 Å². The molecule has 1 radical (unpaired) electrons. The summed E-state index contributed by atoms with van der Waals surface area (Å²) in [6.07, 6.45) is 2.71. The van der Waals surface area contributed by atoms with Crippen LogP contribution in [0.15, 0.2) is 120 Å². The van der Waals surface area contributed by atoms with Gasteiger partial charge >= 0.3 is 0 Å². The number of hydrogen-bond donors (Lipinski definition) is 0. The van der Waals surface area contributed by atoms with Crippen molar-refractivity contribution in [1.29, 1.82) is 0 Å². The molecule has 0 amide bonds. The minimum atomic E-state index is -2.45. The van der Waals surface area contributed by atoms with Gasteiger partial charge < -0.3 is 14.4 Å². The van der Waals surface area contributed by atoms with Gasteiger partial charge in [0.25, 0.3) is 0 Å². The average molecular weight is 786 g/mol. The number of rotatable bonds is 3. The third-order valence-corrected chi connectivity index (χ3v) is 7.36. The molecule has 0 unspecified atom stereocenters. The monoisotopic (exact) mass is 786 g/mol. The van der Waals surface area contributed by atoms with Gasteiger partial charge in [-0.05, 0) is 90.0 Å². The van der Waals surface area contributed by atoms with Gasteiger partial charge in [0.05, 0.1) is 5.58 Å². The van der Waals surface area contributed by atoms with Crippen molar-refractivity contribution in [3.63, 3.8) is 0 Å². The van der Waals surface area contributed by atoms with Gasteiger partial charge in [0.1, 0.15) is 0 Å². The Kier molecular flexibility index (Phi) is 5.60. The Morgan fingerprint density at radius 2 is 1.54 bits per heavy atom. The molecule has 8 aromatic rings. The van der Waals surface area contributed by atoms with Gasteiger partial charge in [-0.15, -0.1) is 54.1 Å². The molecule has 0 saturated heterocycles. The third kappa shape index (κ3) is 6.25. The summed E-state index contributed by atoms with van der Waals surface area (Å²) in [5.41, 5.74) is 4.54. The molecule has 4 aromatic carbocycles. The summed E-state index contributed by atoms with van der Waals surface area (Å²) >= 11 is 0. The predicted molar refractivity (Wildman–Crippen MR) is 184 cm³/mol. The van der Waals surface area contributed by atoms with E-state index in [1.807, 2.05) is 24.3 Å². The zero-order valence-corrected chi connectivity index (χ0v) is 26.4. The fraction of sp³-hybridized carbons (Fsp3) is 0.0976. The molecule has 46 heavy (non-hydrogen) atoms. The van der Waals surface area contributed by atoms with Gasteiger partial charge in [-0.3, -0.25) is 0 Å². The first-order chi connectivity index (χ1) is 26.8. The molecule has 4 aromatic heterocycles. The van der Waals surface area contributed by atoms with E-state index in [1.165, 1.54) is 18.5 Å². The Balaban J connectivity index is 0.000000280. The van der Waals surface area contributed by atoms with E-state index in [2.05, 4.69) is 27.1 Å². The summed E-state index contributed by atoms with van der Waals surface area (Å²) in [5.74, 6) is 0. The molecule has 0 bridgehead atoms. The first kappa shape index (κ1) is 19.5. The van der Waals surface area contributed by atoms with E-state index in [0.717, 1.165) is 22.0 Å². The SMILES string of the molecule is [2H]C([2H])([2H])c1ccc(-c2[c-]cccc2)nc1.[2H]C([2H])([2H])c1ccc2cc(-c3cc(-c4[c-]ccc5c4oc4nc(C([2H])([2H])[2H])ccc45)ncc3C([2H])([2H])[2H])ccc2c1.[Ir]. The first-order valence-corrected chi connectivity index (χ1v) is 14.0. The number of benzene rings is 4. The number of fused-ring (bicyclic) bond motifs is 4. The zero-order valence-electron chi connectivity index (χ0n) is 36.1. The fourth-order valence-electron chi connectivity index (χ4n) is 5.16. The van der Waals surface area contributed by atoms with Crippen molar-refractivity contribution >= 4 is 32.8 Å². The van der Waals surface area contributed by atoms with Crippen LogP contribution in [0.1, 0.15) is 38.8 Å². The second kappa shape index (κ2) is 13.2. The molecule has 0 atom stereocenters. The summed E-state index contributed by atoms with van der Waals surface area (Å²) in [6, 6.07) is 35.4. The van der Waals surface area contributed by atoms with Gasteiger partial charge in [0.15, 0.2) is 0 Å². The zero-order chi connectivity index (χ0) is 40.9. The maximum Gasteiger partial charge on any atom is 0.216 e. The second-order valence-corrected chi connectivity index (χ2v) is 10.3. The van der Waals surface area contributed by atoms with Crippen molar-refractivity contribution in [2.24, 2.45) is 0 Å². The Morgan fingerprint density at radius 1 is 0.674 bits per heavy atom. The van der Waals surface area contributed by atoms with Crippen molar-refractivity contribution in [3.05, 3.63) is 150 Å². The molecule has 5 heteroatoms. The Morgan fingerprint density at radius 3 is 2.35 bits per heavy atom. The molecule has 0 aliphatic heterocycles. The van der Waals surface area contributed by atoms with Crippen molar-refractivity contribution in [3.8, 4) is 33.6 Å². The largest absolute Gasteiger partial charge is 0.486 e. The van der Waals surface area contributed by atoms with Gasteiger partial charge in [-0.1, -0.05) is 65.0 Å². The van der Waals surface area contributed by atoms with E-state index < -0.39 is 27.4 Å². The van der Waals surface area contributed by atoms with Crippen LogP contribution in [0, 0.1) is 39.5 Å². The molecular formula is C41H31IrN3O-2. The third-order valence-electron chi connectivity index (χ3n) is 7.36. The van der Waals surface area contributed by atoms with E-state index in [1.54, 1.807) is 72.8 Å². The van der Waals surface area contributed by atoms with Crippen LogP contribution in [-0.2, 0) is 20.1 Å². The van der Waals surface area contributed by atoms with Crippen LogP contribution in [0.25, 0.3) is 66.5 Å². The Bertz CT molecular complexity index is 2740. The predicted octanol–water partition coefficient (Wildman–Crippen LogP) is 10.4. The molecule has 0 N–H and O–H groups in total. The summed E-state index contributed by atoms with van der Waals surface area (Å²) in [4.78, 5) is 12.8. The molecule has 0 fully saturated rings. The second-order valence-electron chi connectivity index (χ2n) is 10.3. The van der Waals surface area contributed by atoms with Crippen LogP contribution in [-0.4, -0.2) is 15.0 Å². The van der Waals surface area contributed by atoms with Gasteiger partial charge in [-0.25, -0.2) is 4.98 Å². The minimum Gasteiger partial charge on any atom is -0.486 e. The van der Waals surface area contributed by atoms with Gasteiger partial charge in [-0.2, -0.15) is 0 Å². The number of pyridine rings is 3. The quantitative estimate of drug-likeness (QED) is 0.167. The first-order valence-electron chi connectivity index (χ1n) is 20.0. The number of hydrogen-bond acceptors (Lipinski definition) is 4. The van der Waals surface area contributed by atoms with E-state index >= 15 is 0 Å². The van der Waals surface area contributed by atoms with Crippen LogP contribution in [0.3, 0.4) is 0 Å². The number of aryl methyl sites for hydroxylation is 4. The number of aromatic nitrogens is 3. The molecule has 4 heterocycles. The fourth-order valence-corrected chi connectivity index (χ4v) is 5.16. The van der Waals surface area contributed by atoms with Crippen LogP contribution < -0.4 is 0 Å². The molecular weight excluding hydrogens is 743 g/mol. The summed E-state index contributed by atoms with van der Waals surface area (Å²) < 4.78 is 98.1. The molecule has 0 aliphatic rings. The standard InChI is InChI=1S/C29H21N2O.C12H10N.Ir/c1-17-7-9-21-14-22(11-10-20(21)13-17)26-15-27(30-16-18(26)2)25-6-4-5-23-24-12-8-19(3)31-29(24)32-28(23)25;1-10-7-8-12(13-9-10)11-5-3-2-4-6-11;/h4-5,7-16H,1-3H3;2-5,7-9H,1H3;/q2*-1;/i1D3,2D3,3D3;1D3;. The molecule has 0 aliphatic carbocycles. The smallest absolute Gasteiger partial charge is 0.216 e. The maximum absolute atomic E-state index is 8.12. The average Bonchev–Trinajstić information content (AvgIpc) is 3.55. The molecule has 227 valence electrons. The van der Waals surface area contributed by atoms with Crippen molar-refractivity contribution in [1.82, 2.24) is 15.0 Å². The topological polar surface area (TPSA) is 51.8 Å². The van der Waals surface area contributed by atoms with Gasteiger partial charge in [0, 0.05) is 60.0 Å². The summed E-state index contributed by atoms with van der Waals surface area (Å²) in [7, 11) is 0. The van der Waals surface area contributed by atoms with Crippen LogP contribution in [0.4, 0.5) is 0 Å². The maximum atomic E-state index is 8.12.